The Morgan fingerprint density at radius 2 is 2.22 bits per heavy atom. The predicted octanol–water partition coefficient (Wildman–Crippen LogP) is 2.71. The third-order valence-corrected chi connectivity index (χ3v) is 3.50. The zero-order valence-corrected chi connectivity index (χ0v) is 12.1. The number of halogens is 1. The van der Waals surface area contributed by atoms with Crippen molar-refractivity contribution in [1.29, 1.82) is 0 Å². The van der Waals surface area contributed by atoms with Crippen LogP contribution in [0.5, 0.6) is 0 Å². The number of pyridine rings is 1. The molecule has 4 nitrogen and oxygen atoms in total. The molecule has 18 heavy (non-hydrogen) atoms. The van der Waals surface area contributed by atoms with E-state index < -0.39 is 5.60 Å². The first-order valence-corrected chi connectivity index (χ1v) is 6.71. The molecule has 0 saturated carbocycles. The Balaban J connectivity index is 2.50. The number of rotatable bonds is 4. The molecule has 2 heterocycles. The molecule has 0 bridgehead atoms. The maximum Gasteiger partial charge on any atom is 0.131 e. The van der Waals surface area contributed by atoms with Crippen LogP contribution in [0.3, 0.4) is 0 Å². The zero-order valence-electron chi connectivity index (χ0n) is 10.5. The number of aryl methyl sites for hydroxylation is 1. The summed E-state index contributed by atoms with van der Waals surface area (Å²) in [4.78, 5) is 4.06. The second-order valence-corrected chi connectivity index (χ2v) is 5.23. The predicted molar refractivity (Wildman–Crippen MR) is 73.1 cm³/mol. The fraction of sp³-hybridized carbons (Fsp3) is 0.385. The van der Waals surface area contributed by atoms with Gasteiger partial charge >= 0.3 is 0 Å². The molecule has 0 aliphatic heterocycles. The Morgan fingerprint density at radius 1 is 1.44 bits per heavy atom. The van der Waals surface area contributed by atoms with Crippen molar-refractivity contribution in [1.82, 2.24) is 14.8 Å². The second kappa shape index (κ2) is 5.20. The highest BCUT2D eigenvalue weighted by atomic mass is 79.9. The van der Waals surface area contributed by atoms with E-state index in [0.29, 0.717) is 0 Å². The summed E-state index contributed by atoms with van der Waals surface area (Å²) in [7, 11) is 0. The maximum absolute atomic E-state index is 10.8. The molecule has 96 valence electrons. The molecule has 2 aromatic heterocycles. The summed E-state index contributed by atoms with van der Waals surface area (Å²) in [6, 6.07) is 3.68. The minimum Gasteiger partial charge on any atom is -0.379 e. The summed E-state index contributed by atoms with van der Waals surface area (Å²) in [6.45, 7) is 4.62. The van der Waals surface area contributed by atoms with Crippen molar-refractivity contribution in [2.24, 2.45) is 0 Å². The monoisotopic (exact) mass is 309 g/mol. The van der Waals surface area contributed by atoms with Gasteiger partial charge in [-0.25, -0.2) is 0 Å². The lowest BCUT2D eigenvalue weighted by Gasteiger charge is -2.25. The van der Waals surface area contributed by atoms with Gasteiger partial charge < -0.3 is 5.11 Å². The normalized spacial score (nSPS) is 14.4. The second-order valence-electron chi connectivity index (χ2n) is 4.38. The molecule has 0 aliphatic carbocycles. The van der Waals surface area contributed by atoms with Crippen molar-refractivity contribution in [3.63, 3.8) is 0 Å². The van der Waals surface area contributed by atoms with Gasteiger partial charge in [0.2, 0.25) is 0 Å². The van der Waals surface area contributed by atoms with Gasteiger partial charge in [-0.2, -0.15) is 5.10 Å². The standard InChI is InChI=1S/C13H16BrN3O/c1-3-7-17-12(11(14)9-16-17)13(2,18)10-5-4-6-15-8-10/h4-6,8-9,18H,3,7H2,1-2H3. The Morgan fingerprint density at radius 3 is 2.83 bits per heavy atom. The maximum atomic E-state index is 10.8. The average molecular weight is 310 g/mol. The lowest BCUT2D eigenvalue weighted by Crippen LogP contribution is -2.27. The summed E-state index contributed by atoms with van der Waals surface area (Å²) < 4.78 is 2.64. The number of hydrogen-bond acceptors (Lipinski definition) is 3. The summed E-state index contributed by atoms with van der Waals surface area (Å²) in [5.41, 5.74) is 0.402. The lowest BCUT2D eigenvalue weighted by atomic mass is 9.94. The fourth-order valence-electron chi connectivity index (χ4n) is 2.02. The highest BCUT2D eigenvalue weighted by Gasteiger charge is 2.32. The molecule has 1 N–H and O–H groups in total. The summed E-state index contributed by atoms with van der Waals surface area (Å²) >= 11 is 3.46. The first-order valence-electron chi connectivity index (χ1n) is 5.92. The molecule has 2 rings (SSSR count). The van der Waals surface area contributed by atoms with Crippen LogP contribution in [0.2, 0.25) is 0 Å². The van der Waals surface area contributed by atoms with Crippen LogP contribution in [-0.2, 0) is 12.1 Å². The quantitative estimate of drug-likeness (QED) is 0.944. The number of nitrogens with zero attached hydrogens (tertiary/aromatic N) is 3. The number of aliphatic hydroxyl groups is 1. The molecule has 2 aromatic rings. The van der Waals surface area contributed by atoms with E-state index in [1.807, 2.05) is 16.8 Å². The van der Waals surface area contributed by atoms with Crippen molar-refractivity contribution in [3.8, 4) is 0 Å². The Kier molecular flexibility index (Phi) is 3.82. The minimum absolute atomic E-state index is 0.753. The van der Waals surface area contributed by atoms with Crippen LogP contribution in [0.25, 0.3) is 0 Å². The fourth-order valence-corrected chi connectivity index (χ4v) is 2.70. The molecule has 1 unspecified atom stereocenters. The minimum atomic E-state index is -1.11. The van der Waals surface area contributed by atoms with Crippen LogP contribution < -0.4 is 0 Å². The highest BCUT2D eigenvalue weighted by Crippen LogP contribution is 2.33. The first-order chi connectivity index (χ1) is 8.57. The molecule has 1 atom stereocenters. The van der Waals surface area contributed by atoms with Gasteiger partial charge in [-0.1, -0.05) is 13.0 Å². The molecule has 0 spiro atoms. The van der Waals surface area contributed by atoms with Gasteiger partial charge in [0.1, 0.15) is 5.60 Å². The largest absolute Gasteiger partial charge is 0.379 e. The molecule has 5 heteroatoms. The van der Waals surface area contributed by atoms with Gasteiger partial charge in [0, 0.05) is 24.5 Å². The topological polar surface area (TPSA) is 50.9 Å². The molecular formula is C13H16BrN3O. The molecule has 0 aliphatic rings. The van der Waals surface area contributed by atoms with Crippen LogP contribution in [0.1, 0.15) is 31.5 Å². The van der Waals surface area contributed by atoms with Crippen molar-refractivity contribution < 1.29 is 5.11 Å². The van der Waals surface area contributed by atoms with Gasteiger partial charge in [-0.15, -0.1) is 0 Å². The van der Waals surface area contributed by atoms with Gasteiger partial charge in [0.15, 0.2) is 0 Å². The average Bonchev–Trinajstić information content (AvgIpc) is 2.73. The van der Waals surface area contributed by atoms with Gasteiger partial charge in [0.05, 0.1) is 16.4 Å². The molecule has 0 radical (unpaired) electrons. The molecule has 0 fully saturated rings. The van der Waals surface area contributed by atoms with E-state index in [9.17, 15) is 5.11 Å². The summed E-state index contributed by atoms with van der Waals surface area (Å²) in [5, 5.41) is 15.1. The third-order valence-electron chi connectivity index (χ3n) is 2.91. The number of hydrogen-bond donors (Lipinski definition) is 1. The van der Waals surface area contributed by atoms with E-state index >= 15 is 0 Å². The van der Waals surface area contributed by atoms with Gasteiger partial charge in [-0.05, 0) is 35.3 Å². The van der Waals surface area contributed by atoms with Gasteiger partial charge in [0.25, 0.3) is 0 Å². The van der Waals surface area contributed by atoms with E-state index in [1.165, 1.54) is 0 Å². The van der Waals surface area contributed by atoms with Crippen molar-refractivity contribution in [2.45, 2.75) is 32.4 Å². The van der Waals surface area contributed by atoms with E-state index in [4.69, 9.17) is 0 Å². The van der Waals surface area contributed by atoms with Crippen molar-refractivity contribution >= 4 is 15.9 Å². The van der Waals surface area contributed by atoms with Gasteiger partial charge in [-0.3, -0.25) is 9.67 Å². The van der Waals surface area contributed by atoms with Crippen molar-refractivity contribution in [3.05, 3.63) is 46.5 Å². The highest BCUT2D eigenvalue weighted by molar-refractivity contribution is 9.10. The van der Waals surface area contributed by atoms with Crippen LogP contribution in [0.4, 0.5) is 0 Å². The summed E-state index contributed by atoms with van der Waals surface area (Å²) in [5.74, 6) is 0. The smallest absolute Gasteiger partial charge is 0.131 e. The van der Waals surface area contributed by atoms with Crippen LogP contribution in [-0.4, -0.2) is 19.9 Å². The lowest BCUT2D eigenvalue weighted by molar-refractivity contribution is 0.0902. The zero-order chi connectivity index (χ0) is 13.2. The Labute approximate surface area is 115 Å². The SMILES string of the molecule is CCCn1ncc(Br)c1C(C)(O)c1cccnc1. The van der Waals surface area contributed by atoms with E-state index in [1.54, 1.807) is 25.5 Å². The van der Waals surface area contributed by atoms with E-state index in [2.05, 4.69) is 32.9 Å². The van der Waals surface area contributed by atoms with E-state index in [-0.39, 0.29) is 0 Å². The van der Waals surface area contributed by atoms with Crippen LogP contribution in [0, 0.1) is 0 Å². The van der Waals surface area contributed by atoms with Crippen molar-refractivity contribution in [2.75, 3.05) is 0 Å². The van der Waals surface area contributed by atoms with E-state index in [0.717, 1.165) is 28.7 Å². The van der Waals surface area contributed by atoms with Crippen LogP contribution in [0.15, 0.2) is 35.2 Å². The number of aromatic nitrogens is 3. The summed E-state index contributed by atoms with van der Waals surface area (Å²) in [6.07, 6.45) is 6.05. The van der Waals surface area contributed by atoms with Crippen LogP contribution >= 0.6 is 15.9 Å². The molecule has 0 aromatic carbocycles. The third kappa shape index (κ3) is 2.33. The first kappa shape index (κ1) is 13.2. The molecule has 0 saturated heterocycles. The Hall–Kier alpha value is -1.20. The molecule has 0 amide bonds. The Bertz CT molecular complexity index is 522. The molecular weight excluding hydrogens is 294 g/mol.